The molecule has 0 spiro atoms. The average molecular weight is 461 g/mol. The van der Waals surface area contributed by atoms with E-state index >= 15 is 0 Å². The molecule has 15 heavy (non-hydrogen) atoms. The van der Waals surface area contributed by atoms with E-state index in [1.807, 2.05) is 45.2 Å². The molecule has 1 aromatic rings. The monoisotopic (exact) mass is 461 g/mol. The highest BCUT2D eigenvalue weighted by Crippen LogP contribution is 2.30. The maximum Gasteiger partial charge on any atom is 0.257 e. The standard InChI is InChI=1S/C8H7F2I2NO.ClH/c9-8(10)6(13)3-1-4(11)7(14)5(12)2-3;/h1-2,6,8,14H,13H2;1H/t6-;/m0./s1. The zero-order valence-corrected chi connectivity index (χ0v) is 12.4. The normalized spacial score (nSPS) is 12.4. The molecular weight excluding hydrogens is 453 g/mol. The van der Waals surface area contributed by atoms with Crippen molar-refractivity contribution in [3.63, 3.8) is 0 Å². The SMILES string of the molecule is Cl.N[C@@H](c1cc(I)c(O)c(I)c1)C(F)F. The molecule has 0 aliphatic rings. The lowest BCUT2D eigenvalue weighted by Gasteiger charge is -2.12. The number of aromatic hydroxyl groups is 1. The van der Waals surface area contributed by atoms with Gasteiger partial charge in [0.15, 0.2) is 0 Å². The Morgan fingerprint density at radius 1 is 1.20 bits per heavy atom. The van der Waals surface area contributed by atoms with Gasteiger partial charge in [-0.25, -0.2) is 8.78 Å². The molecule has 7 heteroatoms. The summed E-state index contributed by atoms with van der Waals surface area (Å²) in [7, 11) is 0. The van der Waals surface area contributed by atoms with Gasteiger partial charge < -0.3 is 10.8 Å². The fraction of sp³-hybridized carbons (Fsp3) is 0.250. The van der Waals surface area contributed by atoms with Gasteiger partial charge in [-0.3, -0.25) is 0 Å². The van der Waals surface area contributed by atoms with Crippen LogP contribution in [0.2, 0.25) is 0 Å². The highest BCUT2D eigenvalue weighted by molar-refractivity contribution is 14.1. The van der Waals surface area contributed by atoms with Gasteiger partial charge in [0.2, 0.25) is 0 Å². The second kappa shape index (κ2) is 6.36. The van der Waals surface area contributed by atoms with Crippen LogP contribution in [-0.2, 0) is 0 Å². The Balaban J connectivity index is 0.00000196. The molecule has 3 N–H and O–H groups in total. The number of nitrogens with two attached hydrogens (primary N) is 1. The van der Waals surface area contributed by atoms with E-state index in [0.29, 0.717) is 12.7 Å². The summed E-state index contributed by atoms with van der Waals surface area (Å²) in [4.78, 5) is 0. The molecule has 0 radical (unpaired) electrons. The zero-order valence-electron chi connectivity index (χ0n) is 7.25. The number of hydrogen-bond donors (Lipinski definition) is 2. The maximum atomic E-state index is 12.3. The van der Waals surface area contributed by atoms with Gasteiger partial charge >= 0.3 is 0 Å². The Morgan fingerprint density at radius 2 is 1.60 bits per heavy atom. The molecule has 0 fully saturated rings. The Bertz CT molecular complexity index is 328. The van der Waals surface area contributed by atoms with E-state index in [1.165, 1.54) is 12.1 Å². The van der Waals surface area contributed by atoms with Crippen molar-refractivity contribution in [3.05, 3.63) is 24.8 Å². The van der Waals surface area contributed by atoms with Gasteiger partial charge in [-0.15, -0.1) is 12.4 Å². The summed E-state index contributed by atoms with van der Waals surface area (Å²) in [6.07, 6.45) is -2.59. The number of alkyl halides is 2. The van der Waals surface area contributed by atoms with Crippen LogP contribution in [0.5, 0.6) is 5.75 Å². The highest BCUT2D eigenvalue weighted by atomic mass is 127. The van der Waals surface area contributed by atoms with Gasteiger partial charge in [0, 0.05) is 0 Å². The minimum Gasteiger partial charge on any atom is -0.506 e. The largest absolute Gasteiger partial charge is 0.506 e. The van der Waals surface area contributed by atoms with E-state index in [-0.39, 0.29) is 18.2 Å². The molecule has 0 saturated heterocycles. The maximum absolute atomic E-state index is 12.3. The Morgan fingerprint density at radius 3 is 1.93 bits per heavy atom. The molecule has 1 atom stereocenters. The molecule has 0 unspecified atom stereocenters. The van der Waals surface area contributed by atoms with Gasteiger partial charge in [0.05, 0.1) is 13.2 Å². The molecule has 0 aliphatic heterocycles. The predicted octanol–water partition coefficient (Wildman–Crippen LogP) is 3.29. The third-order valence-electron chi connectivity index (χ3n) is 1.70. The quantitative estimate of drug-likeness (QED) is 0.665. The number of benzene rings is 1. The third-order valence-corrected chi connectivity index (χ3v) is 3.34. The van der Waals surface area contributed by atoms with Crippen LogP contribution in [0.3, 0.4) is 0 Å². The first kappa shape index (κ1) is 15.6. The Hall–Kier alpha value is 0.590. The van der Waals surface area contributed by atoms with Crippen LogP contribution in [0.1, 0.15) is 11.6 Å². The molecule has 0 bridgehead atoms. The van der Waals surface area contributed by atoms with E-state index in [4.69, 9.17) is 5.73 Å². The van der Waals surface area contributed by atoms with E-state index in [9.17, 15) is 13.9 Å². The molecule has 0 saturated carbocycles. The van der Waals surface area contributed by atoms with E-state index in [2.05, 4.69) is 0 Å². The van der Waals surface area contributed by atoms with Crippen molar-refractivity contribution < 1.29 is 13.9 Å². The zero-order chi connectivity index (χ0) is 10.9. The van der Waals surface area contributed by atoms with Gasteiger partial charge in [0.1, 0.15) is 5.75 Å². The van der Waals surface area contributed by atoms with Gasteiger partial charge in [-0.2, -0.15) is 0 Å². The molecule has 1 rings (SSSR count). The smallest absolute Gasteiger partial charge is 0.257 e. The number of phenolic OH excluding ortho intramolecular Hbond substituents is 1. The number of hydrogen-bond acceptors (Lipinski definition) is 2. The lowest BCUT2D eigenvalue weighted by molar-refractivity contribution is 0.116. The molecule has 2 nitrogen and oxygen atoms in total. The molecule has 0 aromatic heterocycles. The van der Waals surface area contributed by atoms with Crippen molar-refractivity contribution >= 4 is 57.6 Å². The van der Waals surface area contributed by atoms with Crippen LogP contribution in [-0.4, -0.2) is 11.5 Å². The van der Waals surface area contributed by atoms with E-state index in [0.717, 1.165) is 0 Å². The van der Waals surface area contributed by atoms with Crippen molar-refractivity contribution in [2.45, 2.75) is 12.5 Å². The Kier molecular flexibility index (Phi) is 6.61. The van der Waals surface area contributed by atoms with Crippen LogP contribution in [0, 0.1) is 7.14 Å². The Labute approximate surface area is 119 Å². The summed E-state index contributed by atoms with van der Waals surface area (Å²) >= 11 is 3.75. The lowest BCUT2D eigenvalue weighted by atomic mass is 10.1. The summed E-state index contributed by atoms with van der Waals surface area (Å²) in [5, 5.41) is 9.41. The highest BCUT2D eigenvalue weighted by Gasteiger charge is 2.19. The van der Waals surface area contributed by atoms with Crippen molar-refractivity contribution in [3.8, 4) is 5.75 Å². The average Bonchev–Trinajstić information content (AvgIpc) is 2.12. The van der Waals surface area contributed by atoms with Crippen LogP contribution >= 0.6 is 57.6 Å². The summed E-state index contributed by atoms with van der Waals surface area (Å²) < 4.78 is 25.6. The number of rotatable bonds is 2. The van der Waals surface area contributed by atoms with Crippen LogP contribution in [0.25, 0.3) is 0 Å². The topological polar surface area (TPSA) is 46.2 Å². The van der Waals surface area contributed by atoms with Crippen LogP contribution < -0.4 is 5.73 Å². The van der Waals surface area contributed by atoms with Crippen molar-refractivity contribution in [1.29, 1.82) is 0 Å². The van der Waals surface area contributed by atoms with Gasteiger partial charge in [-0.1, -0.05) is 0 Å². The molecule has 86 valence electrons. The lowest BCUT2D eigenvalue weighted by Crippen LogP contribution is -2.19. The summed E-state index contributed by atoms with van der Waals surface area (Å²) in [6, 6.07) is 1.64. The minimum absolute atomic E-state index is 0. The van der Waals surface area contributed by atoms with Crippen LogP contribution in [0.4, 0.5) is 8.78 Å². The second-order valence-corrected chi connectivity index (χ2v) is 5.02. The van der Waals surface area contributed by atoms with Crippen molar-refractivity contribution in [1.82, 2.24) is 0 Å². The fourth-order valence-electron chi connectivity index (χ4n) is 0.923. The number of halogens is 5. The van der Waals surface area contributed by atoms with Crippen LogP contribution in [0.15, 0.2) is 12.1 Å². The van der Waals surface area contributed by atoms with Gasteiger partial charge in [-0.05, 0) is 62.9 Å². The van der Waals surface area contributed by atoms with E-state index in [1.54, 1.807) is 0 Å². The molecule has 0 heterocycles. The molecule has 1 aromatic carbocycles. The molecular formula is C8H8ClF2I2NO. The third kappa shape index (κ3) is 3.82. The first-order valence-corrected chi connectivity index (χ1v) is 5.81. The number of phenols is 1. The van der Waals surface area contributed by atoms with Gasteiger partial charge in [0.25, 0.3) is 6.43 Å². The first-order chi connectivity index (χ1) is 6.43. The fourth-order valence-corrected chi connectivity index (χ4v) is 2.74. The molecule has 0 amide bonds. The minimum atomic E-state index is -2.59. The summed E-state index contributed by atoms with van der Waals surface area (Å²) in [5.41, 5.74) is 5.63. The summed E-state index contributed by atoms with van der Waals surface area (Å²) in [5.74, 6) is 0.108. The van der Waals surface area contributed by atoms with Crippen molar-refractivity contribution in [2.75, 3.05) is 0 Å². The molecule has 0 aliphatic carbocycles. The predicted molar refractivity (Wildman–Crippen MR) is 73.7 cm³/mol. The van der Waals surface area contributed by atoms with Crippen molar-refractivity contribution in [2.24, 2.45) is 5.73 Å². The van der Waals surface area contributed by atoms with E-state index < -0.39 is 12.5 Å². The summed E-state index contributed by atoms with van der Waals surface area (Å²) in [6.45, 7) is 0. The first-order valence-electron chi connectivity index (χ1n) is 3.65. The second-order valence-electron chi connectivity index (χ2n) is 2.69.